The first kappa shape index (κ1) is 17.3. The molecule has 1 saturated heterocycles. The van der Waals surface area contributed by atoms with Gasteiger partial charge in [0.15, 0.2) is 0 Å². The molecular weight excluding hydrogens is 324 g/mol. The third-order valence-electron chi connectivity index (χ3n) is 6.43. The van der Waals surface area contributed by atoms with Gasteiger partial charge in [0.05, 0.1) is 0 Å². The Morgan fingerprint density at radius 2 is 1.88 bits per heavy atom. The zero-order valence-electron chi connectivity index (χ0n) is 15.4. The van der Waals surface area contributed by atoms with Crippen molar-refractivity contribution in [1.82, 2.24) is 10.2 Å². The summed E-state index contributed by atoms with van der Waals surface area (Å²) in [6.07, 6.45) is 9.38. The Hall–Kier alpha value is -2.10. The lowest BCUT2D eigenvalue weighted by Crippen LogP contribution is -2.41. The van der Waals surface area contributed by atoms with Crippen molar-refractivity contribution in [3.63, 3.8) is 0 Å². The van der Waals surface area contributed by atoms with E-state index in [0.29, 0.717) is 6.54 Å². The van der Waals surface area contributed by atoms with Crippen LogP contribution >= 0.6 is 0 Å². The molecule has 1 spiro atoms. The van der Waals surface area contributed by atoms with E-state index in [1.165, 1.54) is 6.42 Å². The molecule has 4 nitrogen and oxygen atoms in total. The Morgan fingerprint density at radius 3 is 2.58 bits per heavy atom. The Kier molecular flexibility index (Phi) is 4.84. The normalized spacial score (nSPS) is 24.1. The minimum Gasteiger partial charge on any atom is -0.352 e. The van der Waals surface area contributed by atoms with Crippen LogP contribution in [0.3, 0.4) is 0 Å². The van der Waals surface area contributed by atoms with E-state index in [1.807, 2.05) is 35.2 Å². The highest BCUT2D eigenvalue weighted by Crippen LogP contribution is 2.59. The van der Waals surface area contributed by atoms with E-state index < -0.39 is 0 Å². The van der Waals surface area contributed by atoms with Gasteiger partial charge in [0, 0.05) is 31.1 Å². The fourth-order valence-corrected chi connectivity index (χ4v) is 4.57. The highest BCUT2D eigenvalue weighted by atomic mass is 16.2. The number of carbonyl (C=O) groups is 2. The van der Waals surface area contributed by atoms with E-state index in [-0.39, 0.29) is 23.1 Å². The lowest BCUT2D eigenvalue weighted by Gasteiger charge is -2.34. The van der Waals surface area contributed by atoms with Crippen molar-refractivity contribution in [3.05, 3.63) is 47.5 Å². The van der Waals surface area contributed by atoms with Crippen LogP contribution in [0.4, 0.5) is 0 Å². The summed E-state index contributed by atoms with van der Waals surface area (Å²) in [6.45, 7) is 2.21. The smallest absolute Gasteiger partial charge is 0.249 e. The third-order valence-corrected chi connectivity index (χ3v) is 6.43. The van der Waals surface area contributed by atoms with Crippen molar-refractivity contribution in [3.8, 4) is 0 Å². The lowest BCUT2D eigenvalue weighted by atomic mass is 9.89. The highest BCUT2D eigenvalue weighted by molar-refractivity contribution is 5.93. The van der Waals surface area contributed by atoms with E-state index in [9.17, 15) is 9.59 Å². The number of allylic oxidation sites excluding steroid dienone is 1. The number of nitrogens with one attached hydrogen (secondary N) is 1. The van der Waals surface area contributed by atoms with Crippen LogP contribution in [-0.2, 0) is 16.1 Å². The minimum atomic E-state index is 0.136. The lowest BCUT2D eigenvalue weighted by molar-refractivity contribution is -0.129. The molecule has 1 saturated carbocycles. The molecule has 0 radical (unpaired) electrons. The van der Waals surface area contributed by atoms with E-state index >= 15 is 0 Å². The van der Waals surface area contributed by atoms with Crippen LogP contribution in [0.25, 0.3) is 0 Å². The maximum Gasteiger partial charge on any atom is 0.249 e. The van der Waals surface area contributed by atoms with Gasteiger partial charge < -0.3 is 10.2 Å². The van der Waals surface area contributed by atoms with Crippen molar-refractivity contribution < 1.29 is 9.59 Å². The fraction of sp³-hybridized carbons (Fsp3) is 0.545. The summed E-state index contributed by atoms with van der Waals surface area (Å²) in [6, 6.07) is 10.0. The number of benzene rings is 1. The van der Waals surface area contributed by atoms with Gasteiger partial charge in [-0.1, -0.05) is 36.4 Å². The summed E-state index contributed by atoms with van der Waals surface area (Å²) in [4.78, 5) is 27.2. The number of likely N-dealkylation sites (tertiary alicyclic amines) is 1. The standard InChI is InChI=1S/C22H28N2O2/c25-20(23-16-17-7-3-1-4-8-17)19-15-22(19)11-13-24(14-12-22)21(26)18-9-5-2-6-10-18/h1,3-4,7-9,19H,2,5-6,10-16H2,(H,23,25). The molecule has 2 fully saturated rings. The molecule has 0 aromatic heterocycles. The molecule has 26 heavy (non-hydrogen) atoms. The molecule has 3 aliphatic rings. The SMILES string of the molecule is O=C(NCc1ccccc1)C1CC12CCN(C(=O)C1=CCCCC1)CC2. The molecule has 1 unspecified atom stereocenters. The summed E-state index contributed by atoms with van der Waals surface area (Å²) in [5, 5.41) is 3.09. The molecule has 1 N–H and O–H groups in total. The van der Waals surface area contributed by atoms with Gasteiger partial charge in [0.2, 0.25) is 11.8 Å². The predicted molar refractivity (Wildman–Crippen MR) is 101 cm³/mol. The van der Waals surface area contributed by atoms with E-state index in [0.717, 1.165) is 62.8 Å². The van der Waals surface area contributed by atoms with Gasteiger partial charge in [-0.25, -0.2) is 0 Å². The topological polar surface area (TPSA) is 49.4 Å². The summed E-state index contributed by atoms with van der Waals surface area (Å²) in [5.41, 5.74) is 2.30. The fourth-order valence-electron chi connectivity index (χ4n) is 4.57. The Balaban J connectivity index is 1.26. The first-order valence-corrected chi connectivity index (χ1v) is 9.98. The molecule has 0 bridgehead atoms. The van der Waals surface area contributed by atoms with Crippen LogP contribution in [0, 0.1) is 11.3 Å². The van der Waals surface area contributed by atoms with Crippen molar-refractivity contribution in [2.45, 2.75) is 51.5 Å². The van der Waals surface area contributed by atoms with Crippen LogP contribution in [-0.4, -0.2) is 29.8 Å². The van der Waals surface area contributed by atoms with Gasteiger partial charge in [-0.05, 0) is 55.9 Å². The number of nitrogens with zero attached hydrogens (tertiary/aromatic N) is 1. The molecule has 138 valence electrons. The molecule has 2 amide bonds. The number of rotatable bonds is 4. The molecule has 1 aromatic rings. The Labute approximate surface area is 155 Å². The van der Waals surface area contributed by atoms with E-state index in [4.69, 9.17) is 0 Å². The quantitative estimate of drug-likeness (QED) is 0.902. The van der Waals surface area contributed by atoms with Gasteiger partial charge in [-0.3, -0.25) is 9.59 Å². The molecule has 1 atom stereocenters. The largest absolute Gasteiger partial charge is 0.352 e. The number of hydrogen-bond donors (Lipinski definition) is 1. The second-order valence-corrected chi connectivity index (χ2v) is 8.09. The monoisotopic (exact) mass is 352 g/mol. The van der Waals surface area contributed by atoms with Crippen LogP contribution in [0.2, 0.25) is 0 Å². The summed E-state index contributed by atoms with van der Waals surface area (Å²) < 4.78 is 0. The Morgan fingerprint density at radius 1 is 1.12 bits per heavy atom. The molecule has 1 heterocycles. The van der Waals surface area contributed by atoms with Crippen molar-refractivity contribution >= 4 is 11.8 Å². The highest BCUT2D eigenvalue weighted by Gasteiger charge is 2.58. The number of amides is 2. The van der Waals surface area contributed by atoms with Crippen LogP contribution < -0.4 is 5.32 Å². The number of carbonyl (C=O) groups excluding carboxylic acids is 2. The molecule has 2 aliphatic carbocycles. The van der Waals surface area contributed by atoms with Crippen LogP contribution in [0.5, 0.6) is 0 Å². The zero-order chi connectivity index (χ0) is 18.0. The summed E-state index contributed by atoms with van der Waals surface area (Å²) in [7, 11) is 0. The molecule has 4 rings (SSSR count). The summed E-state index contributed by atoms with van der Waals surface area (Å²) in [5.74, 6) is 0.561. The maximum atomic E-state index is 12.6. The van der Waals surface area contributed by atoms with Gasteiger partial charge in [-0.15, -0.1) is 0 Å². The zero-order valence-corrected chi connectivity index (χ0v) is 15.4. The average Bonchev–Trinajstić information content (AvgIpc) is 3.41. The number of hydrogen-bond acceptors (Lipinski definition) is 2. The molecule has 1 aromatic carbocycles. The molecule has 4 heteroatoms. The van der Waals surface area contributed by atoms with E-state index in [2.05, 4.69) is 11.4 Å². The molecule has 1 aliphatic heterocycles. The van der Waals surface area contributed by atoms with Gasteiger partial charge in [-0.2, -0.15) is 0 Å². The second kappa shape index (κ2) is 7.26. The van der Waals surface area contributed by atoms with Crippen LogP contribution in [0.15, 0.2) is 42.0 Å². The Bertz CT molecular complexity index is 702. The summed E-state index contributed by atoms with van der Waals surface area (Å²) >= 11 is 0. The second-order valence-electron chi connectivity index (χ2n) is 8.09. The molecular formula is C22H28N2O2. The minimum absolute atomic E-state index is 0.136. The maximum absolute atomic E-state index is 12.6. The first-order valence-electron chi connectivity index (χ1n) is 9.98. The van der Waals surface area contributed by atoms with Gasteiger partial charge in [0.1, 0.15) is 0 Å². The number of piperidine rings is 1. The van der Waals surface area contributed by atoms with Crippen molar-refractivity contribution in [1.29, 1.82) is 0 Å². The third kappa shape index (κ3) is 3.55. The first-order chi connectivity index (χ1) is 12.7. The average molecular weight is 352 g/mol. The van der Waals surface area contributed by atoms with E-state index in [1.54, 1.807) is 0 Å². The predicted octanol–water partition coefficient (Wildman–Crippen LogP) is 3.43. The van der Waals surface area contributed by atoms with Gasteiger partial charge >= 0.3 is 0 Å². The van der Waals surface area contributed by atoms with Crippen molar-refractivity contribution in [2.24, 2.45) is 11.3 Å². The van der Waals surface area contributed by atoms with Crippen molar-refractivity contribution in [2.75, 3.05) is 13.1 Å². The van der Waals surface area contributed by atoms with Crippen LogP contribution in [0.1, 0.15) is 50.5 Å². The van der Waals surface area contributed by atoms with Gasteiger partial charge in [0.25, 0.3) is 0 Å².